The highest BCUT2D eigenvalue weighted by molar-refractivity contribution is 6.09. The van der Waals surface area contributed by atoms with Crippen molar-refractivity contribution in [1.29, 1.82) is 0 Å². The summed E-state index contributed by atoms with van der Waals surface area (Å²) in [5.41, 5.74) is 6.75. The first-order valence-corrected chi connectivity index (χ1v) is 8.77. The zero-order valence-corrected chi connectivity index (χ0v) is 15.0. The summed E-state index contributed by atoms with van der Waals surface area (Å²) in [7, 11) is 0. The number of ether oxygens (including phenoxy) is 1. The van der Waals surface area contributed by atoms with Gasteiger partial charge in [0.05, 0.1) is 17.9 Å². The van der Waals surface area contributed by atoms with Gasteiger partial charge in [-0.2, -0.15) is 0 Å². The van der Waals surface area contributed by atoms with Gasteiger partial charge in [0, 0.05) is 18.7 Å². The van der Waals surface area contributed by atoms with E-state index in [2.05, 4.69) is 17.6 Å². The number of rotatable bonds is 9. The van der Waals surface area contributed by atoms with Crippen molar-refractivity contribution in [2.75, 3.05) is 25.0 Å². The van der Waals surface area contributed by atoms with Crippen LogP contribution in [0.5, 0.6) is 5.75 Å². The largest absolute Gasteiger partial charge is 0.494 e. The van der Waals surface area contributed by atoms with Gasteiger partial charge < -0.3 is 21.1 Å². The lowest BCUT2D eigenvalue weighted by atomic mass is 10.1. The molecule has 0 aromatic heterocycles. The Labute approximate surface area is 153 Å². The summed E-state index contributed by atoms with van der Waals surface area (Å²) >= 11 is 0. The Morgan fingerprint density at radius 3 is 2.46 bits per heavy atom. The average molecular weight is 355 g/mol. The fourth-order valence-electron chi connectivity index (χ4n) is 2.30. The van der Waals surface area contributed by atoms with Crippen LogP contribution in [0.1, 0.15) is 40.5 Å². The van der Waals surface area contributed by atoms with Gasteiger partial charge in [0.1, 0.15) is 5.75 Å². The topological polar surface area (TPSA) is 93.4 Å². The predicted octanol–water partition coefficient (Wildman–Crippen LogP) is 2.81. The lowest BCUT2D eigenvalue weighted by molar-refractivity contribution is 0.0955. The van der Waals surface area contributed by atoms with Crippen LogP contribution in [-0.4, -0.2) is 31.5 Å². The van der Waals surface area contributed by atoms with Crippen LogP contribution in [0.2, 0.25) is 0 Å². The zero-order chi connectivity index (χ0) is 18.8. The molecule has 0 radical (unpaired) electrons. The summed E-state index contributed by atoms with van der Waals surface area (Å²) in [6.45, 7) is 3.49. The van der Waals surface area contributed by atoms with E-state index in [0.29, 0.717) is 36.5 Å². The molecule has 0 aliphatic carbocycles. The zero-order valence-electron chi connectivity index (χ0n) is 15.0. The second-order valence-electron chi connectivity index (χ2n) is 5.77. The monoisotopic (exact) mass is 355 g/mol. The Morgan fingerprint density at radius 2 is 1.77 bits per heavy atom. The molecule has 0 aliphatic rings. The molecule has 0 saturated carbocycles. The Balaban J connectivity index is 2.04. The molecule has 0 unspecified atom stereocenters. The molecule has 0 fully saturated rings. The van der Waals surface area contributed by atoms with E-state index in [4.69, 9.17) is 10.5 Å². The molecule has 2 aromatic carbocycles. The number of unbranched alkanes of at least 4 members (excludes halogenated alkanes) is 1. The van der Waals surface area contributed by atoms with Gasteiger partial charge in [0.2, 0.25) is 0 Å². The Bertz CT molecular complexity index is 729. The van der Waals surface area contributed by atoms with E-state index >= 15 is 0 Å². The van der Waals surface area contributed by atoms with Gasteiger partial charge in [-0.05, 0) is 42.8 Å². The number of carbonyl (C=O) groups is 2. The molecule has 0 atom stereocenters. The Kier molecular flexibility index (Phi) is 7.64. The maximum atomic E-state index is 12.5. The van der Waals surface area contributed by atoms with Crippen LogP contribution < -0.4 is 21.1 Å². The number of nitrogens with two attached hydrogens (primary N) is 1. The average Bonchev–Trinajstić information content (AvgIpc) is 2.67. The third kappa shape index (κ3) is 5.60. The summed E-state index contributed by atoms with van der Waals surface area (Å²) in [4.78, 5) is 24.6. The molecule has 6 heteroatoms. The molecule has 6 nitrogen and oxygen atoms in total. The minimum absolute atomic E-state index is 0.272. The number of nitrogens with one attached hydrogen (secondary N) is 2. The third-order valence-corrected chi connectivity index (χ3v) is 3.73. The lowest BCUT2D eigenvalue weighted by Crippen LogP contribution is -2.30. The first kappa shape index (κ1) is 19.5. The fourth-order valence-corrected chi connectivity index (χ4v) is 2.30. The van der Waals surface area contributed by atoms with Crippen LogP contribution in [0.3, 0.4) is 0 Å². The van der Waals surface area contributed by atoms with E-state index in [1.54, 1.807) is 48.5 Å². The number of para-hydroxylation sites is 1. The van der Waals surface area contributed by atoms with Crippen molar-refractivity contribution in [3.8, 4) is 5.75 Å². The van der Waals surface area contributed by atoms with Crippen LogP contribution in [0.4, 0.5) is 5.69 Å². The highest BCUT2D eigenvalue weighted by Gasteiger charge is 2.13. The summed E-state index contributed by atoms with van der Waals surface area (Å²) in [6.07, 6.45) is 2.06. The van der Waals surface area contributed by atoms with Crippen molar-refractivity contribution in [1.82, 2.24) is 5.32 Å². The van der Waals surface area contributed by atoms with E-state index in [9.17, 15) is 9.59 Å². The fraction of sp³-hybridized carbons (Fsp3) is 0.300. The van der Waals surface area contributed by atoms with Gasteiger partial charge in [0.25, 0.3) is 11.8 Å². The predicted molar refractivity (Wildman–Crippen MR) is 103 cm³/mol. The van der Waals surface area contributed by atoms with Crippen LogP contribution >= 0.6 is 0 Å². The number of carbonyl (C=O) groups excluding carboxylic acids is 2. The molecule has 2 amide bonds. The molecule has 0 saturated heterocycles. The number of amides is 2. The lowest BCUT2D eigenvalue weighted by Gasteiger charge is -2.11. The van der Waals surface area contributed by atoms with Gasteiger partial charge in [-0.15, -0.1) is 0 Å². The molecule has 2 aromatic rings. The van der Waals surface area contributed by atoms with Crippen LogP contribution in [0.25, 0.3) is 0 Å². The molecule has 0 spiro atoms. The minimum Gasteiger partial charge on any atom is -0.494 e. The normalized spacial score (nSPS) is 10.2. The van der Waals surface area contributed by atoms with E-state index in [-0.39, 0.29) is 11.8 Å². The van der Waals surface area contributed by atoms with Crippen molar-refractivity contribution in [2.24, 2.45) is 5.73 Å². The van der Waals surface area contributed by atoms with Crippen molar-refractivity contribution < 1.29 is 14.3 Å². The standard InChI is InChI=1S/C20H25N3O3/c1-2-3-14-26-16-10-8-15(9-11-16)19(24)23-18-7-5-4-6-17(18)20(25)22-13-12-21/h4-11H,2-3,12-14,21H2,1H3,(H,22,25)(H,23,24). The van der Waals surface area contributed by atoms with Gasteiger partial charge in [0.15, 0.2) is 0 Å². The van der Waals surface area contributed by atoms with E-state index in [0.717, 1.165) is 18.6 Å². The molecule has 0 bridgehead atoms. The molecular weight excluding hydrogens is 330 g/mol. The second-order valence-corrected chi connectivity index (χ2v) is 5.77. The maximum absolute atomic E-state index is 12.5. The number of hydrogen-bond donors (Lipinski definition) is 3. The van der Waals surface area contributed by atoms with E-state index < -0.39 is 0 Å². The molecule has 26 heavy (non-hydrogen) atoms. The van der Waals surface area contributed by atoms with Crippen molar-refractivity contribution in [3.63, 3.8) is 0 Å². The molecular formula is C20H25N3O3. The quantitative estimate of drug-likeness (QED) is 0.603. The van der Waals surface area contributed by atoms with Crippen LogP contribution in [-0.2, 0) is 0 Å². The summed E-state index contributed by atoms with van der Waals surface area (Å²) in [5, 5.41) is 5.49. The van der Waals surface area contributed by atoms with Crippen molar-refractivity contribution in [3.05, 3.63) is 59.7 Å². The first-order valence-electron chi connectivity index (χ1n) is 8.77. The summed E-state index contributed by atoms with van der Waals surface area (Å²) < 4.78 is 5.59. The highest BCUT2D eigenvalue weighted by Crippen LogP contribution is 2.18. The number of hydrogen-bond acceptors (Lipinski definition) is 4. The smallest absolute Gasteiger partial charge is 0.255 e. The summed E-state index contributed by atoms with van der Waals surface area (Å²) in [6, 6.07) is 13.8. The van der Waals surface area contributed by atoms with Crippen molar-refractivity contribution in [2.45, 2.75) is 19.8 Å². The highest BCUT2D eigenvalue weighted by atomic mass is 16.5. The van der Waals surface area contributed by atoms with Crippen LogP contribution in [0, 0.1) is 0 Å². The second kappa shape index (κ2) is 10.2. The van der Waals surface area contributed by atoms with Gasteiger partial charge in [-0.1, -0.05) is 25.5 Å². The van der Waals surface area contributed by atoms with Gasteiger partial charge in [-0.3, -0.25) is 9.59 Å². The first-order chi connectivity index (χ1) is 12.7. The Hall–Kier alpha value is -2.86. The minimum atomic E-state index is -0.288. The van der Waals surface area contributed by atoms with Crippen LogP contribution in [0.15, 0.2) is 48.5 Å². The molecule has 2 rings (SSSR count). The molecule has 4 N–H and O–H groups in total. The maximum Gasteiger partial charge on any atom is 0.255 e. The molecule has 138 valence electrons. The molecule has 0 heterocycles. The van der Waals surface area contributed by atoms with Gasteiger partial charge in [-0.25, -0.2) is 0 Å². The number of anilines is 1. The van der Waals surface area contributed by atoms with E-state index in [1.807, 2.05) is 0 Å². The molecule has 0 aliphatic heterocycles. The van der Waals surface area contributed by atoms with Gasteiger partial charge >= 0.3 is 0 Å². The third-order valence-electron chi connectivity index (χ3n) is 3.73. The van der Waals surface area contributed by atoms with E-state index in [1.165, 1.54) is 0 Å². The summed E-state index contributed by atoms with van der Waals surface area (Å²) in [5.74, 6) is 0.173. The number of benzene rings is 2. The SMILES string of the molecule is CCCCOc1ccc(C(=O)Nc2ccccc2C(=O)NCCN)cc1. The Morgan fingerprint density at radius 1 is 1.04 bits per heavy atom. The van der Waals surface area contributed by atoms with Crippen molar-refractivity contribution >= 4 is 17.5 Å².